The summed E-state index contributed by atoms with van der Waals surface area (Å²) in [6, 6.07) is 9.28. The minimum atomic E-state index is -0.419. The number of carbonyl (C=O) groups excluding carboxylic acids is 3. The number of rotatable bonds is 6. The van der Waals surface area contributed by atoms with E-state index in [1.807, 2.05) is 32.9 Å². The zero-order valence-corrected chi connectivity index (χ0v) is 18.7. The van der Waals surface area contributed by atoms with Gasteiger partial charge in [-0.25, -0.2) is 0 Å². The molecule has 0 aromatic heterocycles. The number of piperidine rings is 1. The lowest BCUT2D eigenvalue weighted by atomic mass is 9.90. The number of piperazine rings is 1. The summed E-state index contributed by atoms with van der Waals surface area (Å²) in [5.74, 6) is -0.718. The number of ether oxygens (including phenoxy) is 1. The van der Waals surface area contributed by atoms with Gasteiger partial charge in [0.1, 0.15) is 5.60 Å². The van der Waals surface area contributed by atoms with E-state index < -0.39 is 5.60 Å². The summed E-state index contributed by atoms with van der Waals surface area (Å²) in [7, 11) is 0. The smallest absolute Gasteiger partial charge is 0.306 e. The Kier molecular flexibility index (Phi) is 6.06. The van der Waals surface area contributed by atoms with Crippen LogP contribution in [0.15, 0.2) is 24.3 Å². The van der Waals surface area contributed by atoms with Gasteiger partial charge in [-0.1, -0.05) is 12.1 Å². The summed E-state index contributed by atoms with van der Waals surface area (Å²) in [5, 5.41) is 2.44. The van der Waals surface area contributed by atoms with Crippen molar-refractivity contribution in [2.75, 3.05) is 24.5 Å². The number of nitrogens with zero attached hydrogens (tertiary/aromatic N) is 2. The average molecular weight is 428 g/mol. The van der Waals surface area contributed by atoms with E-state index in [0.29, 0.717) is 31.3 Å². The number of benzene rings is 1. The molecule has 0 radical (unpaired) electrons. The maximum atomic E-state index is 12.1. The van der Waals surface area contributed by atoms with Crippen LogP contribution in [-0.2, 0) is 19.1 Å². The number of imide groups is 1. The molecule has 0 spiro atoms. The first kappa shape index (κ1) is 21.8. The number of nitrogens with one attached hydrogen (secondary N) is 1. The van der Waals surface area contributed by atoms with Crippen molar-refractivity contribution in [2.45, 2.75) is 76.5 Å². The summed E-state index contributed by atoms with van der Waals surface area (Å²) in [4.78, 5) is 40.4. The Morgan fingerprint density at radius 3 is 2.48 bits per heavy atom. The second kappa shape index (κ2) is 8.61. The molecule has 3 fully saturated rings. The van der Waals surface area contributed by atoms with E-state index in [4.69, 9.17) is 4.74 Å². The van der Waals surface area contributed by atoms with Gasteiger partial charge in [-0.2, -0.15) is 0 Å². The lowest BCUT2D eigenvalue weighted by molar-refractivity contribution is -0.155. The second-order valence-corrected chi connectivity index (χ2v) is 9.98. The highest BCUT2D eigenvalue weighted by molar-refractivity contribution is 6.00. The molecule has 2 bridgehead atoms. The molecule has 0 saturated carbocycles. The van der Waals surface area contributed by atoms with E-state index in [9.17, 15) is 14.4 Å². The fraction of sp³-hybridized carbons (Fsp3) is 0.625. The van der Waals surface area contributed by atoms with Gasteiger partial charge in [0.2, 0.25) is 11.8 Å². The van der Waals surface area contributed by atoms with Crippen LogP contribution in [0.4, 0.5) is 5.69 Å². The molecule has 31 heavy (non-hydrogen) atoms. The van der Waals surface area contributed by atoms with E-state index in [-0.39, 0.29) is 23.7 Å². The van der Waals surface area contributed by atoms with Crippen molar-refractivity contribution in [3.8, 4) is 0 Å². The van der Waals surface area contributed by atoms with Gasteiger partial charge >= 0.3 is 5.97 Å². The van der Waals surface area contributed by atoms with Gasteiger partial charge in [0, 0.05) is 43.7 Å². The van der Waals surface area contributed by atoms with E-state index >= 15 is 0 Å². The monoisotopic (exact) mass is 427 g/mol. The third kappa shape index (κ3) is 5.09. The first-order valence-corrected chi connectivity index (χ1v) is 11.4. The fourth-order valence-electron chi connectivity index (χ4n) is 5.07. The molecule has 7 heteroatoms. The van der Waals surface area contributed by atoms with Crippen LogP contribution < -0.4 is 10.2 Å². The summed E-state index contributed by atoms with van der Waals surface area (Å²) < 4.78 is 5.40. The zero-order valence-electron chi connectivity index (χ0n) is 18.7. The molecule has 1 aromatic rings. The van der Waals surface area contributed by atoms with Crippen LogP contribution in [0, 0.1) is 0 Å². The standard InChI is InChI=1S/C24H33N3O4/c1-24(2,3)31-22(29)5-4-12-26-14-19-13-18(26)15-27(19)17-8-6-16(7-9-17)20-10-11-21(28)25-23(20)30/h6-9,18-20H,4-5,10-15H2,1-3H3,(H,25,28,30). The molecule has 1 N–H and O–H groups in total. The van der Waals surface area contributed by atoms with E-state index in [1.165, 1.54) is 5.69 Å². The van der Waals surface area contributed by atoms with Crippen molar-refractivity contribution in [2.24, 2.45) is 0 Å². The minimum Gasteiger partial charge on any atom is -0.460 e. The predicted molar refractivity (Wildman–Crippen MR) is 118 cm³/mol. The number of esters is 1. The van der Waals surface area contributed by atoms with Gasteiger partial charge in [-0.15, -0.1) is 0 Å². The molecule has 4 rings (SSSR count). The summed E-state index contributed by atoms with van der Waals surface area (Å²) in [5.41, 5.74) is 1.75. The molecule has 3 heterocycles. The highest BCUT2D eigenvalue weighted by Crippen LogP contribution is 2.35. The molecular weight excluding hydrogens is 394 g/mol. The first-order valence-electron chi connectivity index (χ1n) is 11.4. The quantitative estimate of drug-likeness (QED) is 0.555. The van der Waals surface area contributed by atoms with Gasteiger partial charge in [-0.3, -0.25) is 24.6 Å². The van der Waals surface area contributed by atoms with Crippen molar-refractivity contribution in [1.82, 2.24) is 10.2 Å². The number of anilines is 1. The molecule has 3 saturated heterocycles. The molecule has 1 aromatic carbocycles. The van der Waals surface area contributed by atoms with E-state index in [1.54, 1.807) is 0 Å². The number of hydrogen-bond donors (Lipinski definition) is 1. The van der Waals surface area contributed by atoms with Crippen LogP contribution in [-0.4, -0.2) is 60.0 Å². The Morgan fingerprint density at radius 2 is 1.87 bits per heavy atom. The zero-order chi connectivity index (χ0) is 22.2. The molecule has 0 aliphatic carbocycles. The van der Waals surface area contributed by atoms with Crippen LogP contribution in [0.5, 0.6) is 0 Å². The molecule has 3 atom stereocenters. The Balaban J connectivity index is 1.27. The largest absolute Gasteiger partial charge is 0.460 e. The molecule has 3 aliphatic heterocycles. The van der Waals surface area contributed by atoms with Crippen LogP contribution in [0.25, 0.3) is 0 Å². The molecule has 7 nitrogen and oxygen atoms in total. The Morgan fingerprint density at radius 1 is 1.13 bits per heavy atom. The number of carbonyl (C=O) groups is 3. The van der Waals surface area contributed by atoms with Crippen molar-refractivity contribution in [1.29, 1.82) is 0 Å². The summed E-state index contributed by atoms with van der Waals surface area (Å²) in [6.07, 6.45) is 3.44. The third-order valence-corrected chi connectivity index (χ3v) is 6.47. The van der Waals surface area contributed by atoms with Gasteiger partial charge in [-0.05, 0) is 64.3 Å². The second-order valence-electron chi connectivity index (χ2n) is 9.98. The minimum absolute atomic E-state index is 0.116. The Hall–Kier alpha value is -2.41. The molecule has 3 aliphatic rings. The first-order chi connectivity index (χ1) is 14.7. The third-order valence-electron chi connectivity index (χ3n) is 6.47. The predicted octanol–water partition coefficient (Wildman–Crippen LogP) is 2.59. The lowest BCUT2D eigenvalue weighted by Gasteiger charge is -2.35. The maximum Gasteiger partial charge on any atom is 0.306 e. The van der Waals surface area contributed by atoms with Crippen LogP contribution in [0.3, 0.4) is 0 Å². The maximum absolute atomic E-state index is 12.1. The van der Waals surface area contributed by atoms with Crippen LogP contribution >= 0.6 is 0 Å². The van der Waals surface area contributed by atoms with Gasteiger partial charge < -0.3 is 9.64 Å². The molecule has 3 unspecified atom stereocenters. The molecule has 168 valence electrons. The summed E-state index contributed by atoms with van der Waals surface area (Å²) in [6.45, 7) is 8.65. The van der Waals surface area contributed by atoms with Crippen LogP contribution in [0.1, 0.15) is 64.4 Å². The highest BCUT2D eigenvalue weighted by atomic mass is 16.6. The number of amides is 2. The lowest BCUT2D eigenvalue weighted by Crippen LogP contribution is -2.46. The van der Waals surface area contributed by atoms with Crippen molar-refractivity contribution >= 4 is 23.5 Å². The fourth-order valence-corrected chi connectivity index (χ4v) is 5.07. The number of hydrogen-bond acceptors (Lipinski definition) is 6. The van der Waals surface area contributed by atoms with E-state index in [0.717, 1.165) is 38.0 Å². The molecule has 2 amide bonds. The topological polar surface area (TPSA) is 79.0 Å². The normalized spacial score (nSPS) is 26.3. The van der Waals surface area contributed by atoms with Crippen molar-refractivity contribution < 1.29 is 19.1 Å². The number of fused-ring (bicyclic) bond motifs is 2. The van der Waals surface area contributed by atoms with Gasteiger partial charge in [0.15, 0.2) is 0 Å². The van der Waals surface area contributed by atoms with Gasteiger partial charge in [0.25, 0.3) is 0 Å². The molecular formula is C24H33N3O4. The number of likely N-dealkylation sites (tertiary alicyclic amines) is 1. The van der Waals surface area contributed by atoms with E-state index in [2.05, 4.69) is 27.2 Å². The summed E-state index contributed by atoms with van der Waals surface area (Å²) >= 11 is 0. The SMILES string of the molecule is CC(C)(C)OC(=O)CCCN1CC2CC1CN2c1ccc(C2CCC(=O)NC2=O)cc1. The van der Waals surface area contributed by atoms with Crippen molar-refractivity contribution in [3.63, 3.8) is 0 Å². The highest BCUT2D eigenvalue weighted by Gasteiger charge is 2.43. The Labute approximate surface area is 184 Å². The van der Waals surface area contributed by atoms with Crippen molar-refractivity contribution in [3.05, 3.63) is 29.8 Å². The Bertz CT molecular complexity index is 845. The van der Waals surface area contributed by atoms with Gasteiger partial charge in [0.05, 0.1) is 5.92 Å². The average Bonchev–Trinajstić information content (AvgIpc) is 3.27. The van der Waals surface area contributed by atoms with Crippen LogP contribution in [0.2, 0.25) is 0 Å².